The highest BCUT2D eigenvalue weighted by atomic mass is 16.3. The lowest BCUT2D eigenvalue weighted by Crippen LogP contribution is -2.53. The summed E-state index contributed by atoms with van der Waals surface area (Å²) in [6.07, 6.45) is 3.58. The van der Waals surface area contributed by atoms with Gasteiger partial charge >= 0.3 is 0 Å². The SMILES string of the molecule is N[C@@H](CC(=O)N1CCC2(CCC(=O)N(CCO)C2)CC1)c1ccccc1. The molecule has 2 heterocycles. The van der Waals surface area contributed by atoms with Gasteiger partial charge in [0.2, 0.25) is 11.8 Å². The fourth-order valence-electron chi connectivity index (χ4n) is 4.20. The molecule has 1 aromatic carbocycles. The molecule has 0 aliphatic carbocycles. The number of β-amino-alcohol motifs (C(OH)–C–C–N with tert-alkyl or cyclic N) is 1. The highest BCUT2D eigenvalue weighted by Crippen LogP contribution is 2.40. The molecule has 0 bridgehead atoms. The summed E-state index contributed by atoms with van der Waals surface area (Å²) in [5, 5.41) is 9.16. The summed E-state index contributed by atoms with van der Waals surface area (Å²) in [6.45, 7) is 2.57. The van der Waals surface area contributed by atoms with Gasteiger partial charge in [0.15, 0.2) is 0 Å². The fraction of sp³-hybridized carbons (Fsp3) is 0.600. The van der Waals surface area contributed by atoms with Crippen molar-refractivity contribution in [1.29, 1.82) is 0 Å². The Morgan fingerprint density at radius 1 is 1.19 bits per heavy atom. The van der Waals surface area contributed by atoms with Crippen LogP contribution in [0.15, 0.2) is 30.3 Å². The first-order chi connectivity index (χ1) is 12.5. The number of aliphatic hydroxyl groups is 1. The van der Waals surface area contributed by atoms with E-state index in [1.165, 1.54) is 0 Å². The van der Waals surface area contributed by atoms with Gasteiger partial charge in [0.1, 0.15) is 0 Å². The highest BCUT2D eigenvalue weighted by molar-refractivity contribution is 5.78. The van der Waals surface area contributed by atoms with Crippen molar-refractivity contribution >= 4 is 11.8 Å². The van der Waals surface area contributed by atoms with Crippen LogP contribution in [0.5, 0.6) is 0 Å². The van der Waals surface area contributed by atoms with Crippen molar-refractivity contribution < 1.29 is 14.7 Å². The van der Waals surface area contributed by atoms with E-state index in [4.69, 9.17) is 10.8 Å². The molecule has 1 spiro atoms. The van der Waals surface area contributed by atoms with E-state index in [0.29, 0.717) is 25.9 Å². The summed E-state index contributed by atoms with van der Waals surface area (Å²) in [6, 6.07) is 9.46. The molecule has 2 aliphatic rings. The number of rotatable bonds is 5. The molecule has 6 nitrogen and oxygen atoms in total. The van der Waals surface area contributed by atoms with E-state index in [9.17, 15) is 9.59 Å². The number of benzene rings is 1. The Hall–Kier alpha value is -1.92. The van der Waals surface area contributed by atoms with Gasteiger partial charge in [0, 0.05) is 45.1 Å². The zero-order chi connectivity index (χ0) is 18.6. The zero-order valence-corrected chi connectivity index (χ0v) is 15.3. The minimum atomic E-state index is -0.271. The van der Waals surface area contributed by atoms with Crippen LogP contribution in [0, 0.1) is 5.41 Å². The largest absolute Gasteiger partial charge is 0.395 e. The van der Waals surface area contributed by atoms with Crippen molar-refractivity contribution in [3.63, 3.8) is 0 Å². The van der Waals surface area contributed by atoms with E-state index in [0.717, 1.165) is 37.9 Å². The van der Waals surface area contributed by atoms with E-state index in [-0.39, 0.29) is 29.9 Å². The maximum absolute atomic E-state index is 12.6. The molecule has 0 unspecified atom stereocenters. The second-order valence-corrected chi connectivity index (χ2v) is 7.64. The quantitative estimate of drug-likeness (QED) is 0.830. The van der Waals surface area contributed by atoms with Crippen LogP contribution in [0.2, 0.25) is 0 Å². The minimum Gasteiger partial charge on any atom is -0.395 e. The van der Waals surface area contributed by atoms with Crippen LogP contribution in [-0.2, 0) is 9.59 Å². The first-order valence-corrected chi connectivity index (χ1v) is 9.50. The molecule has 2 saturated heterocycles. The third kappa shape index (κ3) is 4.24. The van der Waals surface area contributed by atoms with E-state index < -0.39 is 0 Å². The summed E-state index contributed by atoms with van der Waals surface area (Å²) in [7, 11) is 0. The molecular formula is C20H29N3O3. The summed E-state index contributed by atoms with van der Waals surface area (Å²) in [5.74, 6) is 0.243. The Bertz CT molecular complexity index is 626. The topological polar surface area (TPSA) is 86.9 Å². The summed E-state index contributed by atoms with van der Waals surface area (Å²) in [4.78, 5) is 28.3. The third-order valence-electron chi connectivity index (χ3n) is 5.92. The summed E-state index contributed by atoms with van der Waals surface area (Å²) < 4.78 is 0. The molecule has 1 atom stereocenters. The van der Waals surface area contributed by atoms with E-state index in [2.05, 4.69) is 0 Å². The van der Waals surface area contributed by atoms with Gasteiger partial charge in [0.25, 0.3) is 0 Å². The van der Waals surface area contributed by atoms with E-state index >= 15 is 0 Å². The molecule has 0 radical (unpaired) electrons. The molecule has 1 aromatic rings. The van der Waals surface area contributed by atoms with Crippen LogP contribution in [-0.4, -0.2) is 59.5 Å². The number of amides is 2. The van der Waals surface area contributed by atoms with Gasteiger partial charge in [-0.3, -0.25) is 9.59 Å². The van der Waals surface area contributed by atoms with Crippen LogP contribution < -0.4 is 5.73 Å². The Morgan fingerprint density at radius 3 is 2.54 bits per heavy atom. The Labute approximate surface area is 155 Å². The molecule has 2 fully saturated rings. The smallest absolute Gasteiger partial charge is 0.224 e. The first kappa shape index (κ1) is 18.9. The number of hydrogen-bond acceptors (Lipinski definition) is 4. The number of piperidine rings is 2. The lowest BCUT2D eigenvalue weighted by Gasteiger charge is -2.47. The molecule has 142 valence electrons. The molecule has 2 aliphatic heterocycles. The van der Waals surface area contributed by atoms with Crippen molar-refractivity contribution in [2.24, 2.45) is 11.1 Å². The third-order valence-corrected chi connectivity index (χ3v) is 5.92. The number of nitrogens with zero attached hydrogens (tertiary/aromatic N) is 2. The molecule has 0 aromatic heterocycles. The predicted molar refractivity (Wildman–Crippen MR) is 99.1 cm³/mol. The van der Waals surface area contributed by atoms with Crippen molar-refractivity contribution in [2.45, 2.75) is 38.1 Å². The molecule has 26 heavy (non-hydrogen) atoms. The van der Waals surface area contributed by atoms with Gasteiger partial charge in [-0.1, -0.05) is 30.3 Å². The van der Waals surface area contributed by atoms with Crippen molar-refractivity contribution in [3.8, 4) is 0 Å². The van der Waals surface area contributed by atoms with Gasteiger partial charge < -0.3 is 20.6 Å². The van der Waals surface area contributed by atoms with Crippen LogP contribution in [0.3, 0.4) is 0 Å². The van der Waals surface area contributed by atoms with Crippen LogP contribution in [0.1, 0.15) is 43.7 Å². The van der Waals surface area contributed by atoms with E-state index in [1.54, 1.807) is 4.90 Å². The van der Waals surface area contributed by atoms with E-state index in [1.807, 2.05) is 35.2 Å². The standard InChI is InChI=1S/C20H29N3O3/c21-17(16-4-2-1-3-5-16)14-19(26)22-10-8-20(9-11-22)7-6-18(25)23(15-20)12-13-24/h1-5,17,24H,6-15,21H2/t17-/m0/s1. The molecule has 3 rings (SSSR count). The summed E-state index contributed by atoms with van der Waals surface area (Å²) in [5.41, 5.74) is 7.27. The monoisotopic (exact) mass is 359 g/mol. The average Bonchev–Trinajstić information content (AvgIpc) is 2.66. The number of likely N-dealkylation sites (tertiary alicyclic amines) is 2. The van der Waals surface area contributed by atoms with Crippen molar-refractivity contribution in [1.82, 2.24) is 9.80 Å². The maximum atomic E-state index is 12.6. The number of carbonyl (C=O) groups excluding carboxylic acids is 2. The van der Waals surface area contributed by atoms with Crippen molar-refractivity contribution in [3.05, 3.63) is 35.9 Å². The minimum absolute atomic E-state index is 0.00378. The number of aliphatic hydroxyl groups excluding tert-OH is 1. The molecular weight excluding hydrogens is 330 g/mol. The second-order valence-electron chi connectivity index (χ2n) is 7.64. The molecule has 2 amide bonds. The molecule has 0 saturated carbocycles. The van der Waals surface area contributed by atoms with Gasteiger partial charge in [-0.2, -0.15) is 0 Å². The molecule has 3 N–H and O–H groups in total. The van der Waals surface area contributed by atoms with Gasteiger partial charge in [-0.25, -0.2) is 0 Å². The van der Waals surface area contributed by atoms with Gasteiger partial charge in [-0.05, 0) is 30.2 Å². The second kappa shape index (κ2) is 8.18. The van der Waals surface area contributed by atoms with Gasteiger partial charge in [-0.15, -0.1) is 0 Å². The lowest BCUT2D eigenvalue weighted by atomic mass is 9.72. The predicted octanol–water partition coefficient (Wildman–Crippen LogP) is 1.30. The first-order valence-electron chi connectivity index (χ1n) is 9.50. The number of carbonyl (C=O) groups is 2. The summed E-state index contributed by atoms with van der Waals surface area (Å²) >= 11 is 0. The lowest BCUT2D eigenvalue weighted by molar-refractivity contribution is -0.143. The highest BCUT2D eigenvalue weighted by Gasteiger charge is 2.41. The van der Waals surface area contributed by atoms with Gasteiger partial charge in [0.05, 0.1) is 6.61 Å². The Morgan fingerprint density at radius 2 is 1.88 bits per heavy atom. The number of hydrogen-bond donors (Lipinski definition) is 2. The molecule has 6 heteroatoms. The normalized spacial score (nSPS) is 21.1. The van der Waals surface area contributed by atoms with Crippen LogP contribution >= 0.6 is 0 Å². The average molecular weight is 359 g/mol. The van der Waals surface area contributed by atoms with Crippen LogP contribution in [0.4, 0.5) is 0 Å². The Balaban J connectivity index is 1.53. The van der Waals surface area contributed by atoms with Crippen molar-refractivity contribution in [2.75, 3.05) is 32.8 Å². The van der Waals surface area contributed by atoms with Crippen LogP contribution in [0.25, 0.3) is 0 Å². The number of nitrogens with two attached hydrogens (primary N) is 1. The Kier molecular flexibility index (Phi) is 5.94. The fourth-order valence-corrected chi connectivity index (χ4v) is 4.20. The zero-order valence-electron chi connectivity index (χ0n) is 15.3. The maximum Gasteiger partial charge on any atom is 0.224 e.